The van der Waals surface area contributed by atoms with Gasteiger partial charge in [0.05, 0.1) is 6.10 Å². The molecular weight excluding hydrogens is 244 g/mol. The van der Waals surface area contributed by atoms with Gasteiger partial charge in [-0.1, -0.05) is 35.0 Å². The third-order valence-corrected chi connectivity index (χ3v) is 2.47. The molecule has 0 saturated carbocycles. The van der Waals surface area contributed by atoms with Crippen molar-refractivity contribution in [3.8, 4) is 0 Å². The van der Waals surface area contributed by atoms with E-state index in [1.807, 2.05) is 12.1 Å². The average Bonchev–Trinajstić information content (AvgIpc) is 2.19. The van der Waals surface area contributed by atoms with Crippen LogP contribution in [0.25, 0.3) is 0 Å². The molecule has 0 amide bonds. The zero-order valence-electron chi connectivity index (χ0n) is 8.50. The Balaban J connectivity index is 2.68. The summed E-state index contributed by atoms with van der Waals surface area (Å²) >= 11 is 3.44. The summed E-state index contributed by atoms with van der Waals surface area (Å²) in [7, 11) is 1.63. The fourth-order valence-electron chi connectivity index (χ4n) is 1.31. The molecule has 1 aromatic rings. The van der Waals surface area contributed by atoms with Crippen LogP contribution in [0.4, 0.5) is 0 Å². The van der Waals surface area contributed by atoms with Crippen molar-refractivity contribution in [2.75, 3.05) is 13.9 Å². The Morgan fingerprint density at radius 1 is 1.43 bits per heavy atom. The Morgan fingerprint density at radius 3 is 2.79 bits per heavy atom. The van der Waals surface area contributed by atoms with E-state index in [2.05, 4.69) is 35.0 Å². The lowest BCUT2D eigenvalue weighted by Gasteiger charge is -2.15. The number of hydrogen-bond acceptors (Lipinski definition) is 2. The fraction of sp³-hybridized carbons (Fsp3) is 0.455. The van der Waals surface area contributed by atoms with Crippen molar-refractivity contribution < 1.29 is 9.47 Å². The number of hydrogen-bond donors (Lipinski definition) is 0. The number of halogens is 1. The Kier molecular flexibility index (Phi) is 5.15. The summed E-state index contributed by atoms with van der Waals surface area (Å²) in [6, 6.07) is 8.16. The first kappa shape index (κ1) is 11.7. The van der Waals surface area contributed by atoms with Crippen molar-refractivity contribution >= 4 is 15.9 Å². The van der Waals surface area contributed by atoms with Gasteiger partial charge in [-0.2, -0.15) is 0 Å². The lowest BCUT2D eigenvalue weighted by molar-refractivity contribution is -0.0743. The molecule has 14 heavy (non-hydrogen) atoms. The van der Waals surface area contributed by atoms with Gasteiger partial charge in [0.2, 0.25) is 0 Å². The number of ether oxygens (including phenoxy) is 2. The van der Waals surface area contributed by atoms with E-state index in [4.69, 9.17) is 9.47 Å². The normalized spacial score (nSPS) is 12.8. The maximum absolute atomic E-state index is 5.54. The summed E-state index contributed by atoms with van der Waals surface area (Å²) in [5.74, 6) is 0. The zero-order valence-corrected chi connectivity index (χ0v) is 10.1. The molecule has 0 N–H and O–H groups in total. The Morgan fingerprint density at radius 2 is 2.21 bits per heavy atom. The number of rotatable bonds is 5. The van der Waals surface area contributed by atoms with Gasteiger partial charge in [-0.25, -0.2) is 0 Å². The lowest BCUT2D eigenvalue weighted by atomic mass is 10.1. The molecule has 0 aromatic heterocycles. The molecule has 2 nitrogen and oxygen atoms in total. The lowest BCUT2D eigenvalue weighted by Crippen LogP contribution is -2.05. The van der Waals surface area contributed by atoms with Crippen LogP contribution in [0.5, 0.6) is 0 Å². The maximum atomic E-state index is 5.54. The van der Waals surface area contributed by atoms with Gasteiger partial charge in [0.1, 0.15) is 6.79 Å². The molecule has 0 heterocycles. The molecule has 0 radical (unpaired) electrons. The average molecular weight is 259 g/mol. The maximum Gasteiger partial charge on any atom is 0.147 e. The summed E-state index contributed by atoms with van der Waals surface area (Å²) < 4.78 is 11.5. The van der Waals surface area contributed by atoms with E-state index in [9.17, 15) is 0 Å². The second-order valence-corrected chi connectivity index (χ2v) is 3.94. The van der Waals surface area contributed by atoms with Crippen LogP contribution < -0.4 is 0 Å². The van der Waals surface area contributed by atoms with Gasteiger partial charge in [-0.05, 0) is 24.1 Å². The summed E-state index contributed by atoms with van der Waals surface area (Å²) in [6.07, 6.45) is 1.06. The predicted octanol–water partition coefficient (Wildman–Crippen LogP) is 3.52. The molecule has 0 aliphatic carbocycles. The smallest absolute Gasteiger partial charge is 0.147 e. The SMILES string of the molecule is CCC(OCOC)c1cccc(Br)c1. The molecule has 1 aromatic carbocycles. The molecule has 3 heteroatoms. The van der Waals surface area contributed by atoms with Crippen LogP contribution in [-0.4, -0.2) is 13.9 Å². The van der Waals surface area contributed by atoms with Gasteiger partial charge in [-0.15, -0.1) is 0 Å². The molecule has 1 atom stereocenters. The number of methoxy groups -OCH3 is 1. The molecule has 78 valence electrons. The summed E-state index contributed by atoms with van der Waals surface area (Å²) in [5, 5.41) is 0. The summed E-state index contributed by atoms with van der Waals surface area (Å²) in [5.41, 5.74) is 1.18. The topological polar surface area (TPSA) is 18.5 Å². The Bertz CT molecular complexity index is 276. The molecule has 0 bridgehead atoms. The van der Waals surface area contributed by atoms with E-state index in [-0.39, 0.29) is 6.10 Å². The predicted molar refractivity (Wildman–Crippen MR) is 60.1 cm³/mol. The van der Waals surface area contributed by atoms with E-state index in [0.717, 1.165) is 10.9 Å². The largest absolute Gasteiger partial charge is 0.359 e. The highest BCUT2D eigenvalue weighted by Gasteiger charge is 2.09. The molecule has 1 unspecified atom stereocenters. The van der Waals surface area contributed by atoms with Crippen LogP contribution in [-0.2, 0) is 9.47 Å². The standard InChI is InChI=1S/C11H15BrO2/c1-3-11(14-8-13-2)9-5-4-6-10(12)7-9/h4-7,11H,3,8H2,1-2H3. The van der Waals surface area contributed by atoms with E-state index >= 15 is 0 Å². The van der Waals surface area contributed by atoms with Crippen molar-refractivity contribution in [1.29, 1.82) is 0 Å². The van der Waals surface area contributed by atoms with Crippen LogP contribution in [0.1, 0.15) is 25.0 Å². The van der Waals surface area contributed by atoms with Gasteiger partial charge in [0.25, 0.3) is 0 Å². The first-order valence-corrected chi connectivity index (χ1v) is 5.43. The fourth-order valence-corrected chi connectivity index (χ4v) is 1.72. The second-order valence-electron chi connectivity index (χ2n) is 3.03. The van der Waals surface area contributed by atoms with Gasteiger partial charge in [0, 0.05) is 11.6 Å². The Hall–Kier alpha value is -0.380. The Labute approximate surface area is 93.4 Å². The van der Waals surface area contributed by atoms with Crippen LogP contribution in [0.15, 0.2) is 28.7 Å². The second kappa shape index (κ2) is 6.17. The number of benzene rings is 1. The highest BCUT2D eigenvalue weighted by Crippen LogP contribution is 2.23. The van der Waals surface area contributed by atoms with Crippen LogP contribution in [0.3, 0.4) is 0 Å². The van der Waals surface area contributed by atoms with Crippen LogP contribution >= 0.6 is 15.9 Å². The molecular formula is C11H15BrO2. The first-order valence-electron chi connectivity index (χ1n) is 4.64. The monoisotopic (exact) mass is 258 g/mol. The van der Waals surface area contributed by atoms with Crippen molar-refractivity contribution in [3.05, 3.63) is 34.3 Å². The minimum atomic E-state index is 0.118. The van der Waals surface area contributed by atoms with Crippen molar-refractivity contribution in [3.63, 3.8) is 0 Å². The van der Waals surface area contributed by atoms with Crippen molar-refractivity contribution in [2.24, 2.45) is 0 Å². The van der Waals surface area contributed by atoms with Crippen LogP contribution in [0.2, 0.25) is 0 Å². The molecule has 0 aliphatic rings. The minimum Gasteiger partial charge on any atom is -0.359 e. The van der Waals surface area contributed by atoms with Gasteiger partial charge in [0.15, 0.2) is 0 Å². The van der Waals surface area contributed by atoms with E-state index in [1.165, 1.54) is 5.56 Å². The molecule has 0 fully saturated rings. The first-order chi connectivity index (χ1) is 6.77. The third-order valence-electron chi connectivity index (χ3n) is 1.98. The van der Waals surface area contributed by atoms with E-state index in [1.54, 1.807) is 7.11 Å². The quantitative estimate of drug-likeness (QED) is 0.753. The highest BCUT2D eigenvalue weighted by molar-refractivity contribution is 9.10. The van der Waals surface area contributed by atoms with Crippen molar-refractivity contribution in [2.45, 2.75) is 19.4 Å². The highest BCUT2D eigenvalue weighted by atomic mass is 79.9. The van der Waals surface area contributed by atoms with Gasteiger partial charge >= 0.3 is 0 Å². The molecule has 0 aliphatic heterocycles. The van der Waals surface area contributed by atoms with Crippen molar-refractivity contribution in [1.82, 2.24) is 0 Å². The molecule has 0 saturated heterocycles. The van der Waals surface area contributed by atoms with Gasteiger partial charge < -0.3 is 9.47 Å². The third kappa shape index (κ3) is 3.40. The molecule has 0 spiro atoms. The van der Waals surface area contributed by atoms with Gasteiger partial charge in [-0.3, -0.25) is 0 Å². The summed E-state index contributed by atoms with van der Waals surface area (Å²) in [6.45, 7) is 2.44. The zero-order chi connectivity index (χ0) is 10.4. The van der Waals surface area contributed by atoms with E-state index in [0.29, 0.717) is 6.79 Å². The molecule has 1 rings (SSSR count). The van der Waals surface area contributed by atoms with Crippen LogP contribution in [0, 0.1) is 0 Å². The minimum absolute atomic E-state index is 0.118. The van der Waals surface area contributed by atoms with E-state index < -0.39 is 0 Å². The summed E-state index contributed by atoms with van der Waals surface area (Å²) in [4.78, 5) is 0.